The molecule has 5 heteroatoms. The van der Waals surface area contributed by atoms with Crippen LogP contribution >= 0.6 is 0 Å². The number of carbonyl (C=O) groups is 1. The molecule has 1 aromatic rings. The van der Waals surface area contributed by atoms with Gasteiger partial charge in [-0.1, -0.05) is 0 Å². The summed E-state index contributed by atoms with van der Waals surface area (Å²) in [5.74, 6) is 1.30. The highest BCUT2D eigenvalue weighted by Gasteiger charge is 2.48. The Labute approximate surface area is 113 Å². The molecule has 1 aliphatic rings. The van der Waals surface area contributed by atoms with E-state index in [1.807, 2.05) is 13.0 Å². The molecule has 3 N–H and O–H groups in total. The third kappa shape index (κ3) is 2.51. The number of nitrogens with two attached hydrogens (primary N) is 1. The molecule has 1 saturated carbocycles. The van der Waals surface area contributed by atoms with Crippen molar-refractivity contribution in [1.82, 2.24) is 0 Å². The molecule has 1 fully saturated rings. The number of aryl methyl sites for hydroxylation is 1. The summed E-state index contributed by atoms with van der Waals surface area (Å²) >= 11 is 0. The topological polar surface area (TPSA) is 73.6 Å². The largest absolute Gasteiger partial charge is 0.496 e. The maximum atomic E-state index is 12.2. The summed E-state index contributed by atoms with van der Waals surface area (Å²) in [5.41, 5.74) is 6.85. The minimum Gasteiger partial charge on any atom is -0.496 e. The van der Waals surface area contributed by atoms with Crippen molar-refractivity contribution in [3.8, 4) is 11.5 Å². The first-order valence-corrected chi connectivity index (χ1v) is 6.30. The zero-order chi connectivity index (χ0) is 14.0. The SMILES string of the molecule is COc1cc(NC(=O)C2(CN)CC2)c(OC)cc1C. The molecule has 1 aromatic carbocycles. The van der Waals surface area contributed by atoms with Crippen LogP contribution < -0.4 is 20.5 Å². The Bertz CT molecular complexity index is 496. The van der Waals surface area contributed by atoms with Crippen molar-refractivity contribution in [2.24, 2.45) is 11.1 Å². The molecule has 2 rings (SSSR count). The molecule has 104 valence electrons. The molecule has 0 spiro atoms. The highest BCUT2D eigenvalue weighted by Crippen LogP contribution is 2.46. The van der Waals surface area contributed by atoms with E-state index < -0.39 is 0 Å². The Morgan fingerprint density at radius 3 is 2.42 bits per heavy atom. The minimum atomic E-state index is -0.386. The Hall–Kier alpha value is -1.75. The van der Waals surface area contributed by atoms with Gasteiger partial charge in [0.2, 0.25) is 5.91 Å². The third-order valence-electron chi connectivity index (χ3n) is 3.69. The van der Waals surface area contributed by atoms with Gasteiger partial charge in [-0.05, 0) is 31.4 Å². The van der Waals surface area contributed by atoms with Crippen molar-refractivity contribution >= 4 is 11.6 Å². The number of amides is 1. The third-order valence-corrected chi connectivity index (χ3v) is 3.69. The average molecular weight is 264 g/mol. The van der Waals surface area contributed by atoms with Gasteiger partial charge in [-0.25, -0.2) is 0 Å². The van der Waals surface area contributed by atoms with Gasteiger partial charge in [-0.2, -0.15) is 0 Å². The lowest BCUT2D eigenvalue weighted by atomic mass is 10.1. The van der Waals surface area contributed by atoms with E-state index in [1.165, 1.54) is 0 Å². The van der Waals surface area contributed by atoms with Crippen molar-refractivity contribution in [1.29, 1.82) is 0 Å². The van der Waals surface area contributed by atoms with Gasteiger partial charge in [-0.3, -0.25) is 4.79 Å². The second-order valence-corrected chi connectivity index (χ2v) is 4.96. The summed E-state index contributed by atoms with van der Waals surface area (Å²) in [5, 5.41) is 2.89. The molecule has 1 aliphatic carbocycles. The molecule has 1 amide bonds. The van der Waals surface area contributed by atoms with Gasteiger partial charge in [0, 0.05) is 12.6 Å². The molecule has 0 bridgehead atoms. The Morgan fingerprint density at radius 1 is 1.32 bits per heavy atom. The summed E-state index contributed by atoms with van der Waals surface area (Å²) in [7, 11) is 3.18. The molecule has 5 nitrogen and oxygen atoms in total. The van der Waals surface area contributed by atoms with Crippen LogP contribution in [0, 0.1) is 12.3 Å². The molecule has 0 unspecified atom stereocenters. The predicted molar refractivity (Wildman–Crippen MR) is 73.6 cm³/mol. The van der Waals surface area contributed by atoms with E-state index >= 15 is 0 Å². The zero-order valence-corrected chi connectivity index (χ0v) is 11.6. The van der Waals surface area contributed by atoms with Gasteiger partial charge >= 0.3 is 0 Å². The summed E-state index contributed by atoms with van der Waals surface area (Å²) in [4.78, 5) is 12.2. The molecule has 0 saturated heterocycles. The second kappa shape index (κ2) is 5.09. The van der Waals surface area contributed by atoms with E-state index in [0.717, 1.165) is 18.4 Å². The Kier molecular flexibility index (Phi) is 3.66. The van der Waals surface area contributed by atoms with Crippen LogP contribution in [-0.4, -0.2) is 26.7 Å². The molecule has 0 aliphatic heterocycles. The molecular weight excluding hydrogens is 244 g/mol. The summed E-state index contributed by atoms with van der Waals surface area (Å²) in [6, 6.07) is 3.62. The molecule has 19 heavy (non-hydrogen) atoms. The zero-order valence-electron chi connectivity index (χ0n) is 11.6. The van der Waals surface area contributed by atoms with Crippen molar-refractivity contribution in [3.63, 3.8) is 0 Å². The number of hydrogen-bond donors (Lipinski definition) is 2. The van der Waals surface area contributed by atoms with Crippen LogP contribution in [0.15, 0.2) is 12.1 Å². The van der Waals surface area contributed by atoms with E-state index in [9.17, 15) is 4.79 Å². The van der Waals surface area contributed by atoms with Gasteiger partial charge in [0.15, 0.2) is 0 Å². The minimum absolute atomic E-state index is 0.0424. The molecule has 0 radical (unpaired) electrons. The number of rotatable bonds is 5. The first kappa shape index (κ1) is 13.7. The van der Waals surface area contributed by atoms with E-state index in [2.05, 4.69) is 5.32 Å². The second-order valence-electron chi connectivity index (χ2n) is 4.96. The van der Waals surface area contributed by atoms with Crippen LogP contribution in [0.25, 0.3) is 0 Å². The fourth-order valence-electron chi connectivity index (χ4n) is 2.08. The Morgan fingerprint density at radius 2 is 1.95 bits per heavy atom. The number of anilines is 1. The lowest BCUT2D eigenvalue weighted by molar-refractivity contribution is -0.120. The number of methoxy groups -OCH3 is 2. The molecule has 0 atom stereocenters. The first-order chi connectivity index (χ1) is 9.06. The highest BCUT2D eigenvalue weighted by molar-refractivity contribution is 5.98. The summed E-state index contributed by atoms with van der Waals surface area (Å²) in [6.45, 7) is 2.30. The predicted octanol–water partition coefficient (Wildman–Crippen LogP) is 1.69. The maximum absolute atomic E-state index is 12.2. The summed E-state index contributed by atoms with van der Waals surface area (Å²) in [6.07, 6.45) is 1.70. The molecule has 0 heterocycles. The van der Waals surface area contributed by atoms with Crippen LogP contribution in [0.5, 0.6) is 11.5 Å². The van der Waals surface area contributed by atoms with E-state index in [-0.39, 0.29) is 11.3 Å². The van der Waals surface area contributed by atoms with Gasteiger partial charge in [0.25, 0.3) is 0 Å². The van der Waals surface area contributed by atoms with Crippen molar-refractivity contribution < 1.29 is 14.3 Å². The normalized spacial score (nSPS) is 15.8. The van der Waals surface area contributed by atoms with Crippen molar-refractivity contribution in [2.75, 3.05) is 26.1 Å². The van der Waals surface area contributed by atoms with Gasteiger partial charge in [-0.15, -0.1) is 0 Å². The van der Waals surface area contributed by atoms with Gasteiger partial charge < -0.3 is 20.5 Å². The summed E-state index contributed by atoms with van der Waals surface area (Å²) < 4.78 is 10.6. The van der Waals surface area contributed by atoms with Crippen LogP contribution in [0.1, 0.15) is 18.4 Å². The van der Waals surface area contributed by atoms with Crippen LogP contribution in [-0.2, 0) is 4.79 Å². The highest BCUT2D eigenvalue weighted by atomic mass is 16.5. The quantitative estimate of drug-likeness (QED) is 0.848. The Balaban J connectivity index is 2.26. The van der Waals surface area contributed by atoms with Crippen molar-refractivity contribution in [3.05, 3.63) is 17.7 Å². The van der Waals surface area contributed by atoms with E-state index in [0.29, 0.717) is 23.7 Å². The van der Waals surface area contributed by atoms with E-state index in [4.69, 9.17) is 15.2 Å². The number of ether oxygens (including phenoxy) is 2. The molecule has 0 aromatic heterocycles. The van der Waals surface area contributed by atoms with Crippen LogP contribution in [0.2, 0.25) is 0 Å². The standard InChI is InChI=1S/C14H20N2O3/c1-9-6-12(19-3)10(7-11(9)18-2)16-13(17)14(8-15)4-5-14/h6-7H,4-5,8,15H2,1-3H3,(H,16,17). The van der Waals surface area contributed by atoms with Gasteiger partial charge in [0.05, 0.1) is 25.3 Å². The first-order valence-electron chi connectivity index (χ1n) is 6.30. The van der Waals surface area contributed by atoms with Crippen LogP contribution in [0.3, 0.4) is 0 Å². The number of nitrogens with one attached hydrogen (secondary N) is 1. The monoisotopic (exact) mass is 264 g/mol. The average Bonchev–Trinajstić information content (AvgIpc) is 3.21. The lowest BCUT2D eigenvalue weighted by Gasteiger charge is -2.17. The fourth-order valence-corrected chi connectivity index (χ4v) is 2.08. The molecular formula is C14H20N2O3. The smallest absolute Gasteiger partial charge is 0.231 e. The number of hydrogen-bond acceptors (Lipinski definition) is 4. The number of benzene rings is 1. The maximum Gasteiger partial charge on any atom is 0.231 e. The fraction of sp³-hybridized carbons (Fsp3) is 0.500. The number of carbonyl (C=O) groups excluding carboxylic acids is 1. The van der Waals surface area contributed by atoms with Crippen LogP contribution in [0.4, 0.5) is 5.69 Å². The van der Waals surface area contributed by atoms with E-state index in [1.54, 1.807) is 20.3 Å². The lowest BCUT2D eigenvalue weighted by Crippen LogP contribution is -2.31. The van der Waals surface area contributed by atoms with Gasteiger partial charge in [0.1, 0.15) is 11.5 Å². The van der Waals surface area contributed by atoms with Crippen molar-refractivity contribution in [2.45, 2.75) is 19.8 Å².